The summed E-state index contributed by atoms with van der Waals surface area (Å²) in [6.07, 6.45) is 1.93. The Morgan fingerprint density at radius 1 is 1.16 bits per heavy atom. The number of nitrogens with two attached hydrogens (primary N) is 1. The summed E-state index contributed by atoms with van der Waals surface area (Å²) >= 11 is 0. The van der Waals surface area contributed by atoms with Gasteiger partial charge in [0.05, 0.1) is 16.8 Å². The molecule has 2 heterocycles. The Hall–Kier alpha value is -3.42. The zero-order chi connectivity index (χ0) is 17.7. The maximum absolute atomic E-state index is 12.4. The van der Waals surface area contributed by atoms with E-state index in [2.05, 4.69) is 10.6 Å². The van der Waals surface area contributed by atoms with Crippen molar-refractivity contribution in [3.8, 4) is 5.69 Å². The number of pyridine rings is 1. The van der Waals surface area contributed by atoms with E-state index in [-0.39, 0.29) is 28.9 Å². The van der Waals surface area contributed by atoms with Gasteiger partial charge in [0.1, 0.15) is 5.82 Å². The molecule has 1 saturated carbocycles. The standard InChI is InChI=1S/C17H14N4O4/c18-14-13-11(16(24)20-17(13)25)7-12(22)21(14)10-3-1-2-8(6-10)15(23)19-9-4-5-9/h1-3,6-7,9H,4-5,18H2,(H,19,23)(H,20,24,25). The van der Waals surface area contributed by atoms with E-state index in [1.807, 2.05) is 0 Å². The first-order valence-electron chi connectivity index (χ1n) is 7.78. The highest BCUT2D eigenvalue weighted by molar-refractivity contribution is 6.23. The molecule has 4 N–H and O–H groups in total. The van der Waals surface area contributed by atoms with Gasteiger partial charge >= 0.3 is 0 Å². The predicted octanol–water partition coefficient (Wildman–Crippen LogP) is 0.195. The molecule has 1 aromatic carbocycles. The van der Waals surface area contributed by atoms with Gasteiger partial charge in [-0.2, -0.15) is 0 Å². The third-order valence-corrected chi connectivity index (χ3v) is 4.23. The molecule has 0 radical (unpaired) electrons. The van der Waals surface area contributed by atoms with E-state index in [9.17, 15) is 19.2 Å². The van der Waals surface area contributed by atoms with E-state index in [1.54, 1.807) is 18.2 Å². The Kier molecular flexibility index (Phi) is 3.21. The third kappa shape index (κ3) is 2.47. The number of hydrogen-bond donors (Lipinski definition) is 3. The lowest BCUT2D eigenvalue weighted by atomic mass is 10.1. The molecule has 3 amide bonds. The van der Waals surface area contributed by atoms with Crippen LogP contribution in [0.25, 0.3) is 5.69 Å². The number of nitrogens with one attached hydrogen (secondary N) is 2. The molecule has 8 heteroatoms. The van der Waals surface area contributed by atoms with Gasteiger partial charge in [-0.15, -0.1) is 0 Å². The topological polar surface area (TPSA) is 123 Å². The summed E-state index contributed by atoms with van der Waals surface area (Å²) in [6, 6.07) is 7.67. The SMILES string of the molecule is Nc1c2c(cc(=O)n1-c1cccc(C(=O)NC3CC3)c1)C(=O)NC2=O. The molecule has 0 bridgehead atoms. The molecule has 1 aliphatic heterocycles. The Morgan fingerprint density at radius 2 is 1.92 bits per heavy atom. The van der Waals surface area contributed by atoms with Crippen LogP contribution in [-0.2, 0) is 0 Å². The van der Waals surface area contributed by atoms with Gasteiger partial charge < -0.3 is 11.1 Å². The molecule has 2 aromatic rings. The van der Waals surface area contributed by atoms with Gasteiger partial charge in [0.25, 0.3) is 23.3 Å². The van der Waals surface area contributed by atoms with Crippen molar-refractivity contribution in [1.29, 1.82) is 0 Å². The van der Waals surface area contributed by atoms with Gasteiger partial charge in [0, 0.05) is 17.7 Å². The normalized spacial score (nSPS) is 15.7. The molecular weight excluding hydrogens is 324 g/mol. The summed E-state index contributed by atoms with van der Waals surface area (Å²) in [5.74, 6) is -1.65. The van der Waals surface area contributed by atoms with Crippen LogP contribution in [0.4, 0.5) is 5.82 Å². The molecule has 1 aliphatic carbocycles. The lowest BCUT2D eigenvalue weighted by molar-refractivity contribution is 0.0878. The Labute approximate surface area is 141 Å². The highest BCUT2D eigenvalue weighted by Crippen LogP contribution is 2.24. The van der Waals surface area contributed by atoms with Gasteiger partial charge in [-0.25, -0.2) is 0 Å². The first kappa shape index (κ1) is 15.1. The molecular formula is C17H14N4O4. The van der Waals surface area contributed by atoms with E-state index in [0.717, 1.165) is 23.5 Å². The van der Waals surface area contributed by atoms with E-state index in [1.165, 1.54) is 6.07 Å². The molecule has 25 heavy (non-hydrogen) atoms. The van der Waals surface area contributed by atoms with Gasteiger partial charge in [0.15, 0.2) is 0 Å². The second-order valence-corrected chi connectivity index (χ2v) is 6.07. The van der Waals surface area contributed by atoms with Crippen molar-refractivity contribution in [2.75, 3.05) is 5.73 Å². The number of nitrogen functional groups attached to an aromatic ring is 1. The van der Waals surface area contributed by atoms with Crippen LogP contribution in [0.2, 0.25) is 0 Å². The minimum absolute atomic E-state index is 0.0302. The van der Waals surface area contributed by atoms with Crippen LogP contribution in [0.5, 0.6) is 0 Å². The molecule has 0 unspecified atom stereocenters. The van der Waals surface area contributed by atoms with Crippen molar-refractivity contribution in [2.45, 2.75) is 18.9 Å². The van der Waals surface area contributed by atoms with Crippen LogP contribution in [0.3, 0.4) is 0 Å². The molecule has 1 fully saturated rings. The molecule has 8 nitrogen and oxygen atoms in total. The maximum Gasteiger partial charge on any atom is 0.262 e. The van der Waals surface area contributed by atoms with Crippen LogP contribution in [0.15, 0.2) is 35.1 Å². The number of aromatic nitrogens is 1. The van der Waals surface area contributed by atoms with Gasteiger partial charge in [-0.05, 0) is 31.0 Å². The van der Waals surface area contributed by atoms with Crippen LogP contribution in [0.1, 0.15) is 43.9 Å². The minimum atomic E-state index is -0.645. The molecule has 0 saturated heterocycles. The van der Waals surface area contributed by atoms with Crippen molar-refractivity contribution >= 4 is 23.5 Å². The van der Waals surface area contributed by atoms with Crippen molar-refractivity contribution in [1.82, 2.24) is 15.2 Å². The van der Waals surface area contributed by atoms with Crippen molar-refractivity contribution in [3.63, 3.8) is 0 Å². The highest BCUT2D eigenvalue weighted by atomic mass is 16.2. The zero-order valence-electron chi connectivity index (χ0n) is 13.0. The van der Waals surface area contributed by atoms with E-state index in [0.29, 0.717) is 11.3 Å². The number of anilines is 1. The minimum Gasteiger partial charge on any atom is -0.384 e. The Balaban J connectivity index is 1.82. The van der Waals surface area contributed by atoms with Crippen LogP contribution in [-0.4, -0.2) is 28.3 Å². The van der Waals surface area contributed by atoms with Crippen LogP contribution in [0, 0.1) is 0 Å². The molecule has 0 atom stereocenters. The zero-order valence-corrected chi connectivity index (χ0v) is 13.0. The molecule has 2 aliphatic rings. The van der Waals surface area contributed by atoms with E-state index >= 15 is 0 Å². The quantitative estimate of drug-likeness (QED) is 0.690. The summed E-state index contributed by atoms with van der Waals surface area (Å²) < 4.78 is 1.12. The number of benzene rings is 1. The lowest BCUT2D eigenvalue weighted by Gasteiger charge is -2.13. The third-order valence-electron chi connectivity index (χ3n) is 4.23. The fourth-order valence-electron chi connectivity index (χ4n) is 2.83. The number of imide groups is 1. The number of fused-ring (bicyclic) bond motifs is 1. The first-order chi connectivity index (χ1) is 12.0. The highest BCUT2D eigenvalue weighted by Gasteiger charge is 2.32. The number of carbonyl (C=O) groups is 3. The Bertz CT molecular complexity index is 1000. The monoisotopic (exact) mass is 338 g/mol. The summed E-state index contributed by atoms with van der Waals surface area (Å²) in [4.78, 5) is 48.2. The number of amides is 3. The number of nitrogens with zero attached hydrogens (tertiary/aromatic N) is 1. The summed E-state index contributed by atoms with van der Waals surface area (Å²) in [7, 11) is 0. The predicted molar refractivity (Wildman–Crippen MR) is 88.7 cm³/mol. The lowest BCUT2D eigenvalue weighted by Crippen LogP contribution is -2.26. The second kappa shape index (κ2) is 5.30. The average Bonchev–Trinajstić information content (AvgIpc) is 3.33. The molecule has 4 rings (SSSR count). The Morgan fingerprint density at radius 3 is 2.64 bits per heavy atom. The second-order valence-electron chi connectivity index (χ2n) is 6.07. The van der Waals surface area contributed by atoms with Crippen LogP contribution >= 0.6 is 0 Å². The summed E-state index contributed by atoms with van der Waals surface area (Å²) in [6.45, 7) is 0. The fourth-order valence-corrected chi connectivity index (χ4v) is 2.83. The van der Waals surface area contributed by atoms with Gasteiger partial charge in [-0.3, -0.25) is 29.1 Å². The van der Waals surface area contributed by atoms with Crippen LogP contribution < -0.4 is 21.9 Å². The number of hydrogen-bond acceptors (Lipinski definition) is 5. The number of rotatable bonds is 3. The van der Waals surface area contributed by atoms with Gasteiger partial charge in [0.2, 0.25) is 0 Å². The average molecular weight is 338 g/mol. The molecule has 1 aromatic heterocycles. The van der Waals surface area contributed by atoms with Crippen molar-refractivity contribution < 1.29 is 14.4 Å². The van der Waals surface area contributed by atoms with Gasteiger partial charge in [-0.1, -0.05) is 6.07 Å². The largest absolute Gasteiger partial charge is 0.384 e. The van der Waals surface area contributed by atoms with E-state index < -0.39 is 17.4 Å². The smallest absolute Gasteiger partial charge is 0.262 e. The number of carbonyl (C=O) groups excluding carboxylic acids is 3. The maximum atomic E-state index is 12.4. The summed E-state index contributed by atoms with van der Waals surface area (Å²) in [5, 5.41) is 4.98. The molecule has 126 valence electrons. The first-order valence-corrected chi connectivity index (χ1v) is 7.78. The summed E-state index contributed by atoms with van der Waals surface area (Å²) in [5.41, 5.74) is 6.10. The fraction of sp³-hybridized carbons (Fsp3) is 0.176. The molecule has 0 spiro atoms. The van der Waals surface area contributed by atoms with E-state index in [4.69, 9.17) is 5.73 Å². The van der Waals surface area contributed by atoms with Crippen molar-refractivity contribution in [2.24, 2.45) is 0 Å². The van der Waals surface area contributed by atoms with Crippen molar-refractivity contribution in [3.05, 3.63) is 57.4 Å².